The van der Waals surface area contributed by atoms with Crippen LogP contribution in [-0.2, 0) is 11.1 Å². The topological polar surface area (TPSA) is 111 Å². The fourth-order valence-corrected chi connectivity index (χ4v) is 4.35. The average molecular weight is 439 g/mol. The van der Waals surface area contributed by atoms with E-state index in [1.54, 1.807) is 12.1 Å². The number of halogens is 1. The van der Waals surface area contributed by atoms with Crippen LogP contribution in [0.2, 0.25) is 5.02 Å². The molecular formula is C23H23ClN4O3. The minimum atomic E-state index is -1.09. The number of nitrogens with two attached hydrogens (primary N) is 1. The highest BCUT2D eigenvalue weighted by atomic mass is 35.5. The summed E-state index contributed by atoms with van der Waals surface area (Å²) in [5.41, 5.74) is 7.72. The molecule has 1 saturated carbocycles. The lowest BCUT2D eigenvalue weighted by atomic mass is 9.70. The van der Waals surface area contributed by atoms with Gasteiger partial charge < -0.3 is 10.8 Å². The number of nitrogens with zero attached hydrogens (tertiary/aromatic N) is 3. The van der Waals surface area contributed by atoms with Gasteiger partial charge in [-0.2, -0.15) is 5.10 Å². The van der Waals surface area contributed by atoms with Crippen LogP contribution in [0.1, 0.15) is 48.7 Å². The first-order valence-corrected chi connectivity index (χ1v) is 10.4. The van der Waals surface area contributed by atoms with Crippen LogP contribution < -0.4 is 11.3 Å². The van der Waals surface area contributed by atoms with Crippen LogP contribution >= 0.6 is 11.6 Å². The van der Waals surface area contributed by atoms with Crippen LogP contribution in [0.5, 0.6) is 0 Å². The fraction of sp³-hybridized carbons (Fsp3) is 0.304. The second kappa shape index (κ2) is 7.90. The van der Waals surface area contributed by atoms with Crippen molar-refractivity contribution in [3.63, 3.8) is 0 Å². The van der Waals surface area contributed by atoms with Crippen molar-refractivity contribution >= 4 is 17.6 Å². The number of hydrogen-bond acceptors (Lipinski definition) is 5. The van der Waals surface area contributed by atoms with E-state index < -0.39 is 17.0 Å². The monoisotopic (exact) mass is 438 g/mol. The molecule has 1 aliphatic carbocycles. The van der Waals surface area contributed by atoms with E-state index in [9.17, 15) is 9.59 Å². The lowest BCUT2D eigenvalue weighted by Gasteiger charge is -2.43. The largest absolute Gasteiger partial charge is 0.477 e. The van der Waals surface area contributed by atoms with Gasteiger partial charge in [-0.25, -0.2) is 14.5 Å². The van der Waals surface area contributed by atoms with Crippen molar-refractivity contribution in [3.8, 4) is 11.3 Å². The number of rotatable bonds is 4. The van der Waals surface area contributed by atoms with Crippen LogP contribution in [0, 0.1) is 0 Å². The van der Waals surface area contributed by atoms with Gasteiger partial charge in [0.1, 0.15) is 5.69 Å². The summed E-state index contributed by atoms with van der Waals surface area (Å²) in [6.07, 6.45) is 4.20. The maximum Gasteiger partial charge on any atom is 0.354 e. The zero-order chi connectivity index (χ0) is 22.2. The smallest absolute Gasteiger partial charge is 0.354 e. The van der Waals surface area contributed by atoms with E-state index in [-0.39, 0.29) is 11.3 Å². The van der Waals surface area contributed by atoms with Crippen LogP contribution in [-0.4, -0.2) is 25.8 Å². The zero-order valence-corrected chi connectivity index (χ0v) is 17.8. The predicted molar refractivity (Wildman–Crippen MR) is 118 cm³/mol. The lowest BCUT2D eigenvalue weighted by molar-refractivity contribution is 0.0690. The quantitative estimate of drug-likeness (QED) is 0.640. The SMILES string of the molecule is CC1(n2nc(-c3ccc(C(=O)O)nc3)ccc2=O)CCC(N)(c2cccc(Cl)c2)CC1. The van der Waals surface area contributed by atoms with Crippen LogP contribution in [0.25, 0.3) is 11.3 Å². The molecule has 160 valence electrons. The third-order valence-electron chi connectivity index (χ3n) is 6.21. The summed E-state index contributed by atoms with van der Waals surface area (Å²) in [6, 6.07) is 13.8. The minimum absolute atomic E-state index is 0.0448. The molecule has 2 heterocycles. The molecule has 0 spiro atoms. The predicted octanol–water partition coefficient (Wildman–Crippen LogP) is 3.80. The van der Waals surface area contributed by atoms with E-state index >= 15 is 0 Å². The molecule has 8 heteroatoms. The van der Waals surface area contributed by atoms with E-state index in [4.69, 9.17) is 22.4 Å². The van der Waals surface area contributed by atoms with Gasteiger partial charge in [0.15, 0.2) is 0 Å². The van der Waals surface area contributed by atoms with Crippen LogP contribution in [0.3, 0.4) is 0 Å². The number of pyridine rings is 1. The molecule has 3 N–H and O–H groups in total. The van der Waals surface area contributed by atoms with Gasteiger partial charge in [0, 0.05) is 28.4 Å². The number of carboxylic acid groups (broad SMARTS) is 1. The summed E-state index contributed by atoms with van der Waals surface area (Å²) in [5, 5.41) is 14.3. The van der Waals surface area contributed by atoms with Crippen molar-refractivity contribution in [2.45, 2.75) is 43.7 Å². The van der Waals surface area contributed by atoms with E-state index in [0.29, 0.717) is 42.0 Å². The Kier molecular flexibility index (Phi) is 5.41. The number of aromatic carboxylic acids is 1. The molecule has 0 saturated heterocycles. The highest BCUT2D eigenvalue weighted by Crippen LogP contribution is 2.42. The number of aromatic nitrogens is 3. The molecule has 3 aromatic rings. The molecular weight excluding hydrogens is 416 g/mol. The molecule has 1 aromatic carbocycles. The Hall–Kier alpha value is -3.03. The van der Waals surface area contributed by atoms with E-state index in [2.05, 4.69) is 10.1 Å². The van der Waals surface area contributed by atoms with Gasteiger partial charge in [0.2, 0.25) is 0 Å². The maximum atomic E-state index is 12.7. The Morgan fingerprint density at radius 1 is 1.13 bits per heavy atom. The van der Waals surface area contributed by atoms with Crippen molar-refractivity contribution in [2.24, 2.45) is 5.73 Å². The molecule has 0 amide bonds. The molecule has 0 unspecified atom stereocenters. The van der Waals surface area contributed by atoms with Gasteiger partial charge in [0.25, 0.3) is 5.56 Å². The molecule has 31 heavy (non-hydrogen) atoms. The number of carboxylic acids is 1. The third-order valence-corrected chi connectivity index (χ3v) is 6.44. The molecule has 4 rings (SSSR count). The molecule has 1 fully saturated rings. The van der Waals surface area contributed by atoms with Crippen LogP contribution in [0.15, 0.2) is 59.5 Å². The summed E-state index contributed by atoms with van der Waals surface area (Å²) in [6.45, 7) is 2.02. The lowest BCUT2D eigenvalue weighted by Crippen LogP contribution is -2.49. The van der Waals surface area contributed by atoms with Crippen molar-refractivity contribution in [3.05, 3.63) is 81.4 Å². The number of hydrogen-bond donors (Lipinski definition) is 2. The Bertz CT molecular complexity index is 1180. The average Bonchev–Trinajstić information content (AvgIpc) is 2.76. The van der Waals surface area contributed by atoms with Crippen molar-refractivity contribution < 1.29 is 9.90 Å². The third kappa shape index (κ3) is 4.11. The standard InChI is InChI=1S/C23H23ClN4O3/c1-22(9-11-23(25,12-10-22)16-3-2-4-17(24)13-16)28-20(29)8-7-18(27-28)15-5-6-19(21(30)31)26-14-15/h2-8,13-14H,9-12,25H2,1H3,(H,30,31). The van der Waals surface area contributed by atoms with E-state index in [1.807, 2.05) is 31.2 Å². The summed E-state index contributed by atoms with van der Waals surface area (Å²) >= 11 is 6.15. The first-order valence-electron chi connectivity index (χ1n) is 10.1. The Morgan fingerprint density at radius 3 is 2.48 bits per heavy atom. The Balaban J connectivity index is 1.62. The van der Waals surface area contributed by atoms with Gasteiger partial charge in [-0.15, -0.1) is 0 Å². The second-order valence-electron chi connectivity index (χ2n) is 8.37. The first-order chi connectivity index (χ1) is 14.7. The maximum absolute atomic E-state index is 12.7. The Morgan fingerprint density at radius 2 is 1.87 bits per heavy atom. The second-order valence-corrected chi connectivity index (χ2v) is 8.81. The Labute approximate surface area is 184 Å². The van der Waals surface area contributed by atoms with Gasteiger partial charge in [0.05, 0.1) is 11.2 Å². The molecule has 0 bridgehead atoms. The normalized spacial score (nSPS) is 23.5. The van der Waals surface area contributed by atoms with Crippen LogP contribution in [0.4, 0.5) is 0 Å². The molecule has 1 aliphatic rings. The van der Waals surface area contributed by atoms with E-state index in [0.717, 1.165) is 5.56 Å². The first kappa shape index (κ1) is 21.2. The molecule has 0 aliphatic heterocycles. The molecule has 2 aromatic heterocycles. The van der Waals surface area contributed by atoms with Gasteiger partial charge >= 0.3 is 5.97 Å². The summed E-state index contributed by atoms with van der Waals surface area (Å²) in [4.78, 5) is 27.7. The molecule has 7 nitrogen and oxygen atoms in total. The fourth-order valence-electron chi connectivity index (χ4n) is 4.16. The van der Waals surface area contributed by atoms with Gasteiger partial charge in [-0.05, 0) is 68.5 Å². The minimum Gasteiger partial charge on any atom is -0.477 e. The zero-order valence-electron chi connectivity index (χ0n) is 17.1. The highest BCUT2D eigenvalue weighted by molar-refractivity contribution is 6.30. The summed E-state index contributed by atoms with van der Waals surface area (Å²) < 4.78 is 1.53. The van der Waals surface area contributed by atoms with Crippen molar-refractivity contribution in [1.29, 1.82) is 0 Å². The molecule has 0 radical (unpaired) electrons. The van der Waals surface area contributed by atoms with Gasteiger partial charge in [-0.3, -0.25) is 4.79 Å². The van der Waals surface area contributed by atoms with Crippen molar-refractivity contribution in [2.75, 3.05) is 0 Å². The summed E-state index contributed by atoms with van der Waals surface area (Å²) in [7, 11) is 0. The summed E-state index contributed by atoms with van der Waals surface area (Å²) in [5.74, 6) is -1.09. The highest BCUT2D eigenvalue weighted by Gasteiger charge is 2.41. The molecule has 0 atom stereocenters. The van der Waals surface area contributed by atoms with E-state index in [1.165, 1.54) is 23.0 Å². The number of benzene rings is 1. The van der Waals surface area contributed by atoms with Crippen molar-refractivity contribution in [1.82, 2.24) is 14.8 Å². The number of carbonyl (C=O) groups is 1. The van der Waals surface area contributed by atoms with Gasteiger partial charge in [-0.1, -0.05) is 23.7 Å².